The van der Waals surface area contributed by atoms with Crippen LogP contribution in [0.15, 0.2) is 82.4 Å². The zero-order valence-corrected chi connectivity index (χ0v) is 24.4. The molecule has 0 saturated carbocycles. The number of nitrogens with two attached hydrogens (primary N) is 1. The van der Waals surface area contributed by atoms with Crippen molar-refractivity contribution in [3.8, 4) is 5.75 Å². The lowest BCUT2D eigenvalue weighted by atomic mass is 10.1. The van der Waals surface area contributed by atoms with Crippen LogP contribution in [0.25, 0.3) is 0 Å². The van der Waals surface area contributed by atoms with Crippen LogP contribution in [0.3, 0.4) is 0 Å². The summed E-state index contributed by atoms with van der Waals surface area (Å²) in [6.07, 6.45) is -4.83. The number of hydrogen-bond acceptors (Lipinski definition) is 6. The number of ether oxygens (including phenoxy) is 1. The van der Waals surface area contributed by atoms with Gasteiger partial charge in [-0.2, -0.15) is 0 Å². The quantitative estimate of drug-likeness (QED) is 0.273. The Morgan fingerprint density at radius 2 is 1.44 bits per heavy atom. The van der Waals surface area contributed by atoms with Crippen molar-refractivity contribution < 1.29 is 26.7 Å². The van der Waals surface area contributed by atoms with Gasteiger partial charge in [0.15, 0.2) is 0 Å². The topological polar surface area (TPSA) is 85.7 Å². The highest BCUT2D eigenvalue weighted by Gasteiger charge is 2.32. The molecule has 1 aliphatic rings. The Bertz CT molecular complexity index is 1750. The number of aromatic nitrogens is 2. The van der Waals surface area contributed by atoms with Crippen molar-refractivity contribution in [1.29, 1.82) is 0 Å². The van der Waals surface area contributed by atoms with Gasteiger partial charge in [0.1, 0.15) is 23.1 Å². The Balaban J connectivity index is 1.46. The molecule has 1 aromatic heterocycles. The van der Waals surface area contributed by atoms with Crippen molar-refractivity contribution >= 4 is 5.69 Å². The van der Waals surface area contributed by atoms with Gasteiger partial charge < -0.3 is 15.4 Å². The summed E-state index contributed by atoms with van der Waals surface area (Å²) in [5.74, 6) is -1.94. The maximum absolute atomic E-state index is 14.7. The van der Waals surface area contributed by atoms with Crippen LogP contribution in [0.1, 0.15) is 28.4 Å². The van der Waals surface area contributed by atoms with Gasteiger partial charge in [-0.3, -0.25) is 18.8 Å². The van der Waals surface area contributed by atoms with Crippen LogP contribution in [0.2, 0.25) is 0 Å². The largest absolute Gasteiger partial charge is 0.573 e. The van der Waals surface area contributed by atoms with E-state index in [-0.39, 0.29) is 35.8 Å². The van der Waals surface area contributed by atoms with Crippen molar-refractivity contribution in [2.45, 2.75) is 39.0 Å². The molecule has 0 amide bonds. The zero-order chi connectivity index (χ0) is 32.3. The van der Waals surface area contributed by atoms with Crippen LogP contribution in [-0.2, 0) is 19.6 Å². The van der Waals surface area contributed by atoms with Gasteiger partial charge in [0.2, 0.25) is 0 Å². The fourth-order valence-electron chi connectivity index (χ4n) is 5.57. The number of benzene rings is 3. The van der Waals surface area contributed by atoms with Gasteiger partial charge in [-0.05, 0) is 30.7 Å². The van der Waals surface area contributed by atoms with Crippen LogP contribution in [0.5, 0.6) is 5.75 Å². The van der Waals surface area contributed by atoms with Crippen LogP contribution < -0.4 is 26.6 Å². The Hall–Kier alpha value is -4.49. The van der Waals surface area contributed by atoms with Gasteiger partial charge >= 0.3 is 12.1 Å². The van der Waals surface area contributed by atoms with E-state index in [1.54, 1.807) is 48.2 Å². The molecule has 2 N–H and O–H groups in total. The highest BCUT2D eigenvalue weighted by molar-refractivity contribution is 5.50. The smallest absolute Gasteiger partial charge is 0.405 e. The van der Waals surface area contributed by atoms with E-state index in [2.05, 4.69) is 4.74 Å². The minimum absolute atomic E-state index is 0.176. The first kappa shape index (κ1) is 31.9. The highest BCUT2D eigenvalue weighted by Crippen LogP contribution is 2.28. The molecule has 1 aliphatic heterocycles. The summed E-state index contributed by atoms with van der Waals surface area (Å²) in [7, 11) is 0. The molecule has 4 aromatic rings. The van der Waals surface area contributed by atoms with E-state index < -0.39 is 41.8 Å². The van der Waals surface area contributed by atoms with Gasteiger partial charge in [-0.25, -0.2) is 13.6 Å². The van der Waals surface area contributed by atoms with E-state index in [0.717, 1.165) is 16.7 Å². The maximum Gasteiger partial charge on any atom is 0.573 e. The van der Waals surface area contributed by atoms with Gasteiger partial charge in [-0.15, -0.1) is 13.2 Å². The third-order valence-corrected chi connectivity index (χ3v) is 7.92. The monoisotopic (exact) mass is 629 g/mol. The first-order valence-electron chi connectivity index (χ1n) is 14.3. The summed E-state index contributed by atoms with van der Waals surface area (Å²) in [5, 5.41) is 0. The first-order valence-corrected chi connectivity index (χ1v) is 14.3. The fourth-order valence-corrected chi connectivity index (χ4v) is 5.57. The molecule has 0 radical (unpaired) electrons. The minimum atomic E-state index is -4.83. The second kappa shape index (κ2) is 13.2. The van der Waals surface area contributed by atoms with E-state index in [1.807, 2.05) is 11.0 Å². The molecular weight excluding hydrogens is 597 g/mol. The van der Waals surface area contributed by atoms with E-state index >= 15 is 0 Å². The van der Waals surface area contributed by atoms with Crippen LogP contribution >= 0.6 is 0 Å². The molecule has 0 bridgehead atoms. The Kier molecular flexibility index (Phi) is 9.40. The van der Waals surface area contributed by atoms with Gasteiger partial charge in [0, 0.05) is 55.6 Å². The Labute approximate surface area is 255 Å². The molecule has 5 rings (SSSR count). The lowest BCUT2D eigenvalue weighted by molar-refractivity contribution is -0.275. The van der Waals surface area contributed by atoms with Gasteiger partial charge in [0.05, 0.1) is 13.1 Å². The zero-order valence-electron chi connectivity index (χ0n) is 24.4. The molecule has 0 aliphatic carbocycles. The van der Waals surface area contributed by atoms with Crippen LogP contribution in [0, 0.1) is 18.6 Å². The number of hydrogen-bond donors (Lipinski definition) is 1. The molecule has 13 heteroatoms. The van der Waals surface area contributed by atoms with E-state index in [0.29, 0.717) is 37.3 Å². The fraction of sp³-hybridized carbons (Fsp3) is 0.312. The molecule has 8 nitrogen and oxygen atoms in total. The van der Waals surface area contributed by atoms with Crippen molar-refractivity contribution in [2.75, 3.05) is 31.1 Å². The summed E-state index contributed by atoms with van der Waals surface area (Å²) < 4.78 is 74.5. The number of anilines is 1. The number of piperazine rings is 1. The normalized spacial score (nSPS) is 14.9. The molecule has 1 atom stereocenters. The predicted molar refractivity (Wildman–Crippen MR) is 159 cm³/mol. The number of alkyl halides is 3. The first-order chi connectivity index (χ1) is 21.4. The van der Waals surface area contributed by atoms with Gasteiger partial charge in [-0.1, -0.05) is 54.6 Å². The summed E-state index contributed by atoms with van der Waals surface area (Å²) in [5.41, 5.74) is 6.20. The standard InChI is InChI=1S/C32H32F5N5O3/c1-21-29(40-16-14-39(15-17-40)18-23-10-5-6-13-28(23)45-32(35,36)37)30(43)42(20-27(38)22-8-3-2-4-9-22)31(44)41(21)19-24-25(33)11-7-12-26(24)34/h2-13,27H,14-20,38H2,1H3/t27-/m1/s1. The van der Waals surface area contributed by atoms with E-state index in [4.69, 9.17) is 5.73 Å². The molecule has 238 valence electrons. The second-order valence-electron chi connectivity index (χ2n) is 10.9. The molecule has 3 aromatic carbocycles. The number of rotatable bonds is 9. The Morgan fingerprint density at radius 1 is 0.822 bits per heavy atom. The Morgan fingerprint density at radius 3 is 2.09 bits per heavy atom. The minimum Gasteiger partial charge on any atom is -0.405 e. The summed E-state index contributed by atoms with van der Waals surface area (Å²) in [6, 6.07) is 17.5. The maximum atomic E-state index is 14.7. The summed E-state index contributed by atoms with van der Waals surface area (Å²) in [6.45, 7) is 2.47. The summed E-state index contributed by atoms with van der Waals surface area (Å²) >= 11 is 0. The third-order valence-electron chi connectivity index (χ3n) is 7.92. The lowest BCUT2D eigenvalue weighted by Crippen LogP contribution is -2.51. The number of nitrogens with zero attached hydrogens (tertiary/aromatic N) is 4. The predicted octanol–water partition coefficient (Wildman–Crippen LogP) is 4.57. The number of para-hydroxylation sites is 1. The average Bonchev–Trinajstić information content (AvgIpc) is 3.00. The second-order valence-corrected chi connectivity index (χ2v) is 10.9. The van der Waals surface area contributed by atoms with Gasteiger partial charge in [0.25, 0.3) is 5.56 Å². The van der Waals surface area contributed by atoms with Crippen molar-refractivity contribution in [1.82, 2.24) is 14.0 Å². The number of halogens is 5. The average molecular weight is 630 g/mol. The van der Waals surface area contributed by atoms with E-state index in [1.165, 1.54) is 22.8 Å². The molecule has 2 heterocycles. The highest BCUT2D eigenvalue weighted by atomic mass is 19.4. The molecule has 0 spiro atoms. The lowest BCUT2D eigenvalue weighted by Gasteiger charge is -2.37. The van der Waals surface area contributed by atoms with E-state index in [9.17, 15) is 31.5 Å². The molecule has 1 saturated heterocycles. The van der Waals surface area contributed by atoms with Crippen molar-refractivity contribution in [3.05, 3.63) is 128 Å². The molecule has 45 heavy (non-hydrogen) atoms. The molecule has 1 fully saturated rings. The SMILES string of the molecule is Cc1c(N2CCN(Cc3ccccc3OC(F)(F)F)CC2)c(=O)n(C[C@@H](N)c2ccccc2)c(=O)n1Cc1c(F)cccc1F. The van der Waals surface area contributed by atoms with Crippen LogP contribution in [-0.4, -0.2) is 46.6 Å². The van der Waals surface area contributed by atoms with Crippen LogP contribution in [0.4, 0.5) is 27.6 Å². The van der Waals surface area contributed by atoms with Crippen molar-refractivity contribution in [3.63, 3.8) is 0 Å². The summed E-state index contributed by atoms with van der Waals surface area (Å²) in [4.78, 5) is 31.4. The third kappa shape index (κ3) is 7.26. The van der Waals surface area contributed by atoms with Crippen molar-refractivity contribution in [2.24, 2.45) is 5.73 Å². The molecular formula is C32H32F5N5O3. The molecule has 0 unspecified atom stereocenters.